The molecule has 4 nitrogen and oxygen atoms in total. The number of pyridine rings is 1. The van der Waals surface area contributed by atoms with Crippen LogP contribution in [-0.2, 0) is 13.1 Å². The number of piperidine rings is 1. The van der Waals surface area contributed by atoms with Gasteiger partial charge in [0.2, 0.25) is 0 Å². The van der Waals surface area contributed by atoms with Gasteiger partial charge in [-0.15, -0.1) is 0 Å². The minimum absolute atomic E-state index is 0.586. The molecule has 0 spiro atoms. The molecule has 152 valence electrons. The Bertz CT molecular complexity index is 928. The first-order valence-corrected chi connectivity index (χ1v) is 10.7. The summed E-state index contributed by atoms with van der Waals surface area (Å²) in [5, 5.41) is 2.59. The molecule has 2 aromatic carbocycles. The average Bonchev–Trinajstić information content (AvgIpc) is 2.78. The molecule has 29 heavy (non-hydrogen) atoms. The van der Waals surface area contributed by atoms with Gasteiger partial charge in [-0.25, -0.2) is 0 Å². The van der Waals surface area contributed by atoms with Gasteiger partial charge in [-0.2, -0.15) is 0 Å². The van der Waals surface area contributed by atoms with E-state index >= 15 is 0 Å². The maximum absolute atomic E-state index is 5.73. The number of likely N-dealkylation sites (N-methyl/N-ethyl adjacent to an activating group) is 1. The fourth-order valence-corrected chi connectivity index (χ4v) is 4.59. The predicted octanol–water partition coefficient (Wildman–Crippen LogP) is 4.73. The van der Waals surface area contributed by atoms with Gasteiger partial charge < -0.3 is 4.74 Å². The van der Waals surface area contributed by atoms with E-state index in [4.69, 9.17) is 4.74 Å². The van der Waals surface area contributed by atoms with E-state index in [1.165, 1.54) is 34.7 Å². The summed E-state index contributed by atoms with van der Waals surface area (Å²) in [4.78, 5) is 9.37. The smallest absolute Gasteiger partial charge is 0.123 e. The second kappa shape index (κ2) is 9.38. The van der Waals surface area contributed by atoms with Crippen molar-refractivity contribution < 1.29 is 4.74 Å². The van der Waals surface area contributed by atoms with Gasteiger partial charge >= 0.3 is 0 Å². The number of ether oxygens (including phenoxy) is 1. The molecule has 3 aromatic rings. The number of aromatic nitrogens is 1. The zero-order valence-corrected chi connectivity index (χ0v) is 17.6. The van der Waals surface area contributed by atoms with Crippen LogP contribution in [0.5, 0.6) is 5.75 Å². The van der Waals surface area contributed by atoms with Crippen molar-refractivity contribution in [3.8, 4) is 5.75 Å². The monoisotopic (exact) mass is 389 g/mol. The first-order valence-electron chi connectivity index (χ1n) is 10.7. The van der Waals surface area contributed by atoms with Crippen LogP contribution in [0.4, 0.5) is 0 Å². The van der Waals surface area contributed by atoms with Crippen LogP contribution < -0.4 is 4.74 Å². The van der Waals surface area contributed by atoms with Crippen LogP contribution >= 0.6 is 0 Å². The molecule has 2 heterocycles. The van der Waals surface area contributed by atoms with E-state index in [2.05, 4.69) is 70.2 Å². The maximum Gasteiger partial charge on any atom is 0.123 e. The van der Waals surface area contributed by atoms with Gasteiger partial charge in [0.25, 0.3) is 0 Å². The zero-order valence-electron chi connectivity index (χ0n) is 17.6. The molecule has 0 saturated carbocycles. The molecule has 1 saturated heterocycles. The molecule has 0 radical (unpaired) electrons. The van der Waals surface area contributed by atoms with Gasteiger partial charge in [0, 0.05) is 43.6 Å². The zero-order chi connectivity index (χ0) is 20.1. The Labute approximate surface area is 174 Å². The summed E-state index contributed by atoms with van der Waals surface area (Å²) in [6.07, 6.45) is 6.29. The lowest BCUT2D eigenvalue weighted by atomic mass is 9.99. The molecular formula is C25H31N3O. The minimum Gasteiger partial charge on any atom is -0.496 e. The third-order valence-electron chi connectivity index (χ3n) is 6.14. The SMILES string of the molecule is CCN(Cc1ccncc1)[C@H]1CCCN(Cc2c(OC)ccc3ccccc23)C1. The molecule has 1 aliphatic rings. The molecule has 0 bridgehead atoms. The number of rotatable bonds is 7. The van der Waals surface area contributed by atoms with Crippen molar-refractivity contribution >= 4 is 10.8 Å². The van der Waals surface area contributed by atoms with Crippen molar-refractivity contribution in [2.75, 3.05) is 26.7 Å². The van der Waals surface area contributed by atoms with E-state index in [0.717, 1.165) is 38.5 Å². The van der Waals surface area contributed by atoms with Crippen LogP contribution in [0.1, 0.15) is 30.9 Å². The average molecular weight is 390 g/mol. The Hall–Kier alpha value is -2.43. The van der Waals surface area contributed by atoms with Crippen molar-refractivity contribution in [2.45, 2.75) is 38.9 Å². The molecule has 0 aliphatic carbocycles. The molecule has 1 fully saturated rings. The van der Waals surface area contributed by atoms with Gasteiger partial charge in [-0.1, -0.05) is 37.3 Å². The van der Waals surface area contributed by atoms with E-state index in [0.29, 0.717) is 6.04 Å². The number of likely N-dealkylation sites (tertiary alicyclic amines) is 1. The summed E-state index contributed by atoms with van der Waals surface area (Å²) in [6, 6.07) is 17.7. The predicted molar refractivity (Wildman–Crippen MR) is 119 cm³/mol. The van der Waals surface area contributed by atoms with E-state index in [-0.39, 0.29) is 0 Å². The van der Waals surface area contributed by atoms with Crippen LogP contribution in [0, 0.1) is 0 Å². The second-order valence-electron chi connectivity index (χ2n) is 7.92. The third-order valence-corrected chi connectivity index (χ3v) is 6.14. The van der Waals surface area contributed by atoms with Gasteiger partial charge in [-0.3, -0.25) is 14.8 Å². The number of benzene rings is 2. The molecule has 0 N–H and O–H groups in total. The summed E-state index contributed by atoms with van der Waals surface area (Å²) in [7, 11) is 1.78. The van der Waals surface area contributed by atoms with E-state index in [9.17, 15) is 0 Å². The molecule has 4 heteroatoms. The highest BCUT2D eigenvalue weighted by molar-refractivity contribution is 5.87. The fourth-order valence-electron chi connectivity index (χ4n) is 4.59. The topological polar surface area (TPSA) is 28.6 Å². The summed E-state index contributed by atoms with van der Waals surface area (Å²) < 4.78 is 5.73. The summed E-state index contributed by atoms with van der Waals surface area (Å²) in [5.74, 6) is 0.995. The van der Waals surface area contributed by atoms with Gasteiger partial charge in [0.1, 0.15) is 5.75 Å². The molecule has 1 aliphatic heterocycles. The summed E-state index contributed by atoms with van der Waals surface area (Å²) >= 11 is 0. The Morgan fingerprint density at radius 1 is 1.10 bits per heavy atom. The maximum atomic E-state index is 5.73. The second-order valence-corrected chi connectivity index (χ2v) is 7.92. The van der Waals surface area contributed by atoms with Crippen LogP contribution in [0.25, 0.3) is 10.8 Å². The number of hydrogen-bond donors (Lipinski definition) is 0. The molecule has 4 rings (SSSR count). The normalized spacial score (nSPS) is 17.7. The first kappa shape index (κ1) is 19.9. The highest BCUT2D eigenvalue weighted by Gasteiger charge is 2.25. The quantitative estimate of drug-likeness (QED) is 0.584. The van der Waals surface area contributed by atoms with Crippen molar-refractivity contribution in [3.05, 3.63) is 72.1 Å². The van der Waals surface area contributed by atoms with Crippen LogP contribution in [0.2, 0.25) is 0 Å². The van der Waals surface area contributed by atoms with E-state index in [1.807, 2.05) is 12.4 Å². The highest BCUT2D eigenvalue weighted by Crippen LogP contribution is 2.30. The van der Waals surface area contributed by atoms with Crippen LogP contribution in [-0.4, -0.2) is 47.6 Å². The Kier molecular flexibility index (Phi) is 6.43. The van der Waals surface area contributed by atoms with Crippen molar-refractivity contribution in [3.63, 3.8) is 0 Å². The molecular weight excluding hydrogens is 358 g/mol. The van der Waals surface area contributed by atoms with Crippen molar-refractivity contribution in [1.82, 2.24) is 14.8 Å². The largest absolute Gasteiger partial charge is 0.496 e. The lowest BCUT2D eigenvalue weighted by Crippen LogP contribution is -2.47. The van der Waals surface area contributed by atoms with E-state index in [1.54, 1.807) is 7.11 Å². The number of methoxy groups -OCH3 is 1. The Morgan fingerprint density at radius 3 is 2.72 bits per heavy atom. The van der Waals surface area contributed by atoms with Crippen molar-refractivity contribution in [1.29, 1.82) is 0 Å². The number of nitrogens with zero attached hydrogens (tertiary/aromatic N) is 3. The van der Waals surface area contributed by atoms with Crippen molar-refractivity contribution in [2.24, 2.45) is 0 Å². The minimum atomic E-state index is 0.586. The number of hydrogen-bond acceptors (Lipinski definition) is 4. The standard InChI is InChI=1S/C25H31N3O/c1-3-28(17-20-12-14-26-15-13-20)22-8-6-16-27(18-22)19-24-23-9-5-4-7-21(23)10-11-25(24)29-2/h4-5,7,9-15,22H,3,6,8,16-19H2,1-2H3/t22-/m0/s1. The number of fused-ring (bicyclic) bond motifs is 1. The van der Waals surface area contributed by atoms with Crippen LogP contribution in [0.15, 0.2) is 60.9 Å². The van der Waals surface area contributed by atoms with Gasteiger partial charge in [-0.05, 0) is 60.5 Å². The Balaban J connectivity index is 1.51. The molecule has 1 atom stereocenters. The lowest BCUT2D eigenvalue weighted by molar-refractivity contribution is 0.0915. The summed E-state index contributed by atoms with van der Waals surface area (Å²) in [5.41, 5.74) is 2.65. The fraction of sp³-hybridized carbons (Fsp3) is 0.400. The van der Waals surface area contributed by atoms with Crippen LogP contribution in [0.3, 0.4) is 0 Å². The van der Waals surface area contributed by atoms with Gasteiger partial charge in [0.15, 0.2) is 0 Å². The van der Waals surface area contributed by atoms with E-state index < -0.39 is 0 Å². The molecule has 1 aromatic heterocycles. The lowest BCUT2D eigenvalue weighted by Gasteiger charge is -2.39. The Morgan fingerprint density at radius 2 is 1.93 bits per heavy atom. The summed E-state index contributed by atoms with van der Waals surface area (Å²) in [6.45, 7) is 7.52. The third kappa shape index (κ3) is 4.60. The molecule has 0 amide bonds. The first-order chi connectivity index (χ1) is 14.3. The molecule has 0 unspecified atom stereocenters. The highest BCUT2D eigenvalue weighted by atomic mass is 16.5. The van der Waals surface area contributed by atoms with Gasteiger partial charge in [0.05, 0.1) is 7.11 Å².